The number of carbonyl (C=O) groups excluding carboxylic acids is 1. The van der Waals surface area contributed by atoms with Gasteiger partial charge in [-0.2, -0.15) is 9.78 Å². The van der Waals surface area contributed by atoms with E-state index in [4.69, 9.17) is 0 Å². The number of carbonyl (C=O) groups is 1. The molecule has 1 aromatic carbocycles. The highest BCUT2D eigenvalue weighted by atomic mass is 16.2. The summed E-state index contributed by atoms with van der Waals surface area (Å²) >= 11 is 0. The highest BCUT2D eigenvalue weighted by Gasteiger charge is 2.25. The van der Waals surface area contributed by atoms with E-state index in [1.165, 1.54) is 5.56 Å². The molecule has 0 spiro atoms. The summed E-state index contributed by atoms with van der Waals surface area (Å²) in [6, 6.07) is 5.89. The first kappa shape index (κ1) is 15.7. The molecule has 0 saturated heterocycles. The third kappa shape index (κ3) is 3.01. The summed E-state index contributed by atoms with van der Waals surface area (Å²) in [6.45, 7) is 11.1. The van der Waals surface area contributed by atoms with E-state index in [1.54, 1.807) is 4.68 Å². The maximum absolute atomic E-state index is 12.7. The van der Waals surface area contributed by atoms with Gasteiger partial charge in [-0.15, -0.1) is 0 Å². The van der Waals surface area contributed by atoms with E-state index in [1.807, 2.05) is 39.0 Å². The van der Waals surface area contributed by atoms with Crippen LogP contribution in [-0.4, -0.2) is 33.8 Å². The Kier molecular flexibility index (Phi) is 4.22. The first-order chi connectivity index (χ1) is 11.0. The van der Waals surface area contributed by atoms with Gasteiger partial charge in [-0.3, -0.25) is 4.90 Å². The quantitative estimate of drug-likeness (QED) is 0.926. The predicted octanol–water partition coefficient (Wildman–Crippen LogP) is 3.27. The van der Waals surface area contributed by atoms with Gasteiger partial charge in [0, 0.05) is 30.8 Å². The Morgan fingerprint density at radius 2 is 2.09 bits per heavy atom. The summed E-state index contributed by atoms with van der Waals surface area (Å²) in [6.07, 6.45) is 0.865. The van der Waals surface area contributed by atoms with Crippen LogP contribution in [0.15, 0.2) is 18.2 Å². The molecule has 5 nitrogen and oxygen atoms in total. The second-order valence-electron chi connectivity index (χ2n) is 6.29. The van der Waals surface area contributed by atoms with Crippen molar-refractivity contribution < 1.29 is 4.79 Å². The van der Waals surface area contributed by atoms with Gasteiger partial charge >= 0.3 is 6.03 Å². The van der Waals surface area contributed by atoms with Gasteiger partial charge in [0.1, 0.15) is 0 Å². The number of likely N-dealkylation sites (N-methyl/N-ethyl adjacent to an activating group) is 1. The van der Waals surface area contributed by atoms with Crippen molar-refractivity contribution in [3.63, 3.8) is 0 Å². The molecule has 2 aromatic rings. The van der Waals surface area contributed by atoms with E-state index >= 15 is 0 Å². The summed E-state index contributed by atoms with van der Waals surface area (Å²) < 4.78 is 1.55. The van der Waals surface area contributed by atoms with Crippen molar-refractivity contribution in [1.29, 1.82) is 0 Å². The molecule has 1 aromatic heterocycles. The summed E-state index contributed by atoms with van der Waals surface area (Å²) in [5.41, 5.74) is 6.24. The van der Waals surface area contributed by atoms with Crippen molar-refractivity contribution in [2.75, 3.05) is 18.4 Å². The topological polar surface area (TPSA) is 50.2 Å². The molecule has 1 aliphatic heterocycles. The van der Waals surface area contributed by atoms with Crippen LogP contribution in [0.3, 0.4) is 0 Å². The third-order valence-corrected chi connectivity index (χ3v) is 4.61. The van der Waals surface area contributed by atoms with Gasteiger partial charge in [0.05, 0.1) is 11.4 Å². The van der Waals surface area contributed by atoms with Crippen LogP contribution >= 0.6 is 0 Å². The minimum atomic E-state index is -0.173. The van der Waals surface area contributed by atoms with Crippen LogP contribution < -0.4 is 5.32 Å². The molecule has 0 radical (unpaired) electrons. The van der Waals surface area contributed by atoms with Gasteiger partial charge in [0.25, 0.3) is 0 Å². The molecule has 23 heavy (non-hydrogen) atoms. The number of aromatic nitrogens is 2. The lowest BCUT2D eigenvalue weighted by Gasteiger charge is -2.26. The van der Waals surface area contributed by atoms with Crippen molar-refractivity contribution in [2.45, 2.75) is 40.7 Å². The molecule has 2 heterocycles. The first-order valence-corrected chi connectivity index (χ1v) is 8.18. The van der Waals surface area contributed by atoms with E-state index in [2.05, 4.69) is 22.2 Å². The molecule has 3 rings (SSSR count). The molecule has 5 heteroatoms. The number of anilines is 1. The SMILES string of the molecule is CCN1CCc2c(c(C)nn2C(=O)Nc2cc(C)ccc2C)C1. The van der Waals surface area contributed by atoms with E-state index in [-0.39, 0.29) is 6.03 Å². The normalized spacial score (nSPS) is 14.6. The van der Waals surface area contributed by atoms with Crippen molar-refractivity contribution in [2.24, 2.45) is 0 Å². The van der Waals surface area contributed by atoms with Crippen LogP contribution in [0.25, 0.3) is 0 Å². The van der Waals surface area contributed by atoms with E-state index in [9.17, 15) is 4.79 Å². The summed E-state index contributed by atoms with van der Waals surface area (Å²) in [5.74, 6) is 0. The molecule has 0 unspecified atom stereocenters. The molecule has 1 aliphatic rings. The lowest BCUT2D eigenvalue weighted by molar-refractivity contribution is 0.246. The molecule has 0 bridgehead atoms. The van der Waals surface area contributed by atoms with E-state index < -0.39 is 0 Å². The Labute approximate surface area is 137 Å². The zero-order valence-corrected chi connectivity index (χ0v) is 14.3. The molecule has 0 fully saturated rings. The number of hydrogen-bond acceptors (Lipinski definition) is 3. The molecule has 1 amide bonds. The Morgan fingerprint density at radius 1 is 1.30 bits per heavy atom. The smallest absolute Gasteiger partial charge is 0.306 e. The van der Waals surface area contributed by atoms with Gasteiger partial charge in [0.15, 0.2) is 0 Å². The summed E-state index contributed by atoms with van der Waals surface area (Å²) in [5, 5.41) is 7.49. The lowest BCUT2D eigenvalue weighted by Crippen LogP contribution is -2.32. The number of nitrogens with zero attached hydrogens (tertiary/aromatic N) is 3. The molecular formula is C18H24N4O. The summed E-state index contributed by atoms with van der Waals surface area (Å²) in [7, 11) is 0. The largest absolute Gasteiger partial charge is 0.346 e. The van der Waals surface area contributed by atoms with Crippen LogP contribution in [0.1, 0.15) is 35.0 Å². The third-order valence-electron chi connectivity index (χ3n) is 4.61. The number of aryl methyl sites for hydroxylation is 3. The maximum Gasteiger partial charge on any atom is 0.346 e. The average molecular weight is 312 g/mol. The standard InChI is InChI=1S/C18H24N4O/c1-5-21-9-8-17-15(11-21)14(4)20-22(17)18(23)19-16-10-12(2)6-7-13(16)3/h6-7,10H,5,8-9,11H2,1-4H3,(H,19,23). The maximum atomic E-state index is 12.7. The van der Waals surface area contributed by atoms with Crippen LogP contribution in [-0.2, 0) is 13.0 Å². The Hall–Kier alpha value is -2.14. The first-order valence-electron chi connectivity index (χ1n) is 8.18. The molecule has 0 saturated carbocycles. The lowest BCUT2D eigenvalue weighted by atomic mass is 10.1. The molecule has 0 aliphatic carbocycles. The molecule has 1 N–H and O–H groups in total. The van der Waals surface area contributed by atoms with Gasteiger partial charge < -0.3 is 5.32 Å². The number of nitrogens with one attached hydrogen (secondary N) is 1. The Bertz CT molecular complexity index is 748. The monoisotopic (exact) mass is 312 g/mol. The van der Waals surface area contributed by atoms with E-state index in [0.29, 0.717) is 0 Å². The zero-order valence-electron chi connectivity index (χ0n) is 14.3. The van der Waals surface area contributed by atoms with Crippen molar-refractivity contribution in [1.82, 2.24) is 14.7 Å². The van der Waals surface area contributed by atoms with Crippen LogP contribution in [0.5, 0.6) is 0 Å². The zero-order chi connectivity index (χ0) is 16.6. The van der Waals surface area contributed by atoms with E-state index in [0.717, 1.165) is 54.3 Å². The fraction of sp³-hybridized carbons (Fsp3) is 0.444. The average Bonchev–Trinajstić information content (AvgIpc) is 2.87. The van der Waals surface area contributed by atoms with Gasteiger partial charge in [-0.05, 0) is 44.5 Å². The Balaban J connectivity index is 1.88. The minimum Gasteiger partial charge on any atom is -0.306 e. The number of hydrogen-bond donors (Lipinski definition) is 1. The second-order valence-corrected chi connectivity index (χ2v) is 6.29. The van der Waals surface area contributed by atoms with Crippen LogP contribution in [0.2, 0.25) is 0 Å². The molecular weight excluding hydrogens is 288 g/mol. The van der Waals surface area contributed by atoms with Crippen LogP contribution in [0.4, 0.5) is 10.5 Å². The number of rotatable bonds is 2. The Morgan fingerprint density at radius 3 is 2.83 bits per heavy atom. The number of fused-ring (bicyclic) bond motifs is 1. The van der Waals surface area contributed by atoms with Gasteiger partial charge in [0.2, 0.25) is 0 Å². The fourth-order valence-corrected chi connectivity index (χ4v) is 3.11. The number of amides is 1. The molecule has 0 atom stereocenters. The van der Waals surface area contributed by atoms with Crippen molar-refractivity contribution in [3.05, 3.63) is 46.3 Å². The van der Waals surface area contributed by atoms with Gasteiger partial charge in [-0.25, -0.2) is 4.79 Å². The minimum absolute atomic E-state index is 0.173. The number of benzene rings is 1. The van der Waals surface area contributed by atoms with Crippen LogP contribution in [0, 0.1) is 20.8 Å². The fourth-order valence-electron chi connectivity index (χ4n) is 3.11. The van der Waals surface area contributed by atoms with Crippen molar-refractivity contribution >= 4 is 11.7 Å². The highest BCUT2D eigenvalue weighted by molar-refractivity contribution is 5.92. The highest BCUT2D eigenvalue weighted by Crippen LogP contribution is 2.23. The van der Waals surface area contributed by atoms with Gasteiger partial charge in [-0.1, -0.05) is 19.1 Å². The summed E-state index contributed by atoms with van der Waals surface area (Å²) in [4.78, 5) is 15.1. The van der Waals surface area contributed by atoms with Crippen molar-refractivity contribution in [3.8, 4) is 0 Å². The predicted molar refractivity (Wildman–Crippen MR) is 92.0 cm³/mol. The molecule has 122 valence electrons. The second kappa shape index (κ2) is 6.16.